The monoisotopic (exact) mass is 724 g/mol. The summed E-state index contributed by atoms with van der Waals surface area (Å²) in [6, 6.07) is 13.5. The topological polar surface area (TPSA) is 223 Å². The van der Waals surface area contributed by atoms with Crippen LogP contribution in [-0.4, -0.2) is 89.4 Å². The number of nitrogens with two attached hydrogens (primary N) is 1. The fourth-order valence-electron chi connectivity index (χ4n) is 4.54. The summed E-state index contributed by atoms with van der Waals surface area (Å²) >= 11 is 1.19. The summed E-state index contributed by atoms with van der Waals surface area (Å²) in [5, 5.41) is 17.0. The molecular formula is C35H48N8O7S. The van der Waals surface area contributed by atoms with Gasteiger partial charge in [0.1, 0.15) is 24.2 Å². The highest BCUT2D eigenvalue weighted by Gasteiger charge is 2.28. The Bertz CT molecular complexity index is 1680. The van der Waals surface area contributed by atoms with E-state index >= 15 is 0 Å². The van der Waals surface area contributed by atoms with E-state index < -0.39 is 85.2 Å². The maximum Gasteiger partial charge on any atom is 0.243 e. The van der Waals surface area contributed by atoms with Crippen molar-refractivity contribution in [3.8, 4) is 0 Å². The molecule has 0 spiro atoms. The number of primary amides is 1. The van der Waals surface area contributed by atoms with Gasteiger partial charge in [-0.3, -0.25) is 33.6 Å². The van der Waals surface area contributed by atoms with Crippen LogP contribution in [0.25, 0.3) is 10.8 Å². The number of nitrogens with zero attached hydrogens (tertiary/aromatic N) is 1. The third-order valence-electron chi connectivity index (χ3n) is 7.29. The van der Waals surface area contributed by atoms with Crippen molar-refractivity contribution < 1.29 is 33.6 Å². The molecular weight excluding hydrogens is 677 g/mol. The van der Waals surface area contributed by atoms with Crippen molar-refractivity contribution in [1.29, 1.82) is 0 Å². The molecule has 51 heavy (non-hydrogen) atoms. The van der Waals surface area contributed by atoms with E-state index in [1.54, 1.807) is 17.7 Å². The molecule has 0 radical (unpaired) electrons. The second kappa shape index (κ2) is 21.0. The van der Waals surface area contributed by atoms with E-state index in [2.05, 4.69) is 51.0 Å². The van der Waals surface area contributed by atoms with Gasteiger partial charge in [-0.1, -0.05) is 74.0 Å². The lowest BCUT2D eigenvalue weighted by atomic mass is 10.2. The van der Waals surface area contributed by atoms with Gasteiger partial charge in [0.2, 0.25) is 41.4 Å². The molecule has 16 heteroatoms. The Hall–Kier alpha value is -5.38. The Kier molecular flexibility index (Phi) is 17.2. The minimum atomic E-state index is -1.16. The van der Waals surface area contributed by atoms with Crippen molar-refractivity contribution in [1.82, 2.24) is 36.5 Å². The molecule has 3 unspecified atom stereocenters. The van der Waals surface area contributed by atoms with Crippen LogP contribution in [0, 0.1) is 6.92 Å². The molecule has 8 N–H and O–H groups in total. The lowest BCUT2D eigenvalue weighted by molar-refractivity contribution is -0.132. The quantitative estimate of drug-likeness (QED) is 0.203. The Labute approximate surface area is 301 Å². The minimum absolute atomic E-state index is 0.0182. The Morgan fingerprint density at radius 2 is 1.35 bits per heavy atom. The van der Waals surface area contributed by atoms with E-state index in [1.807, 2.05) is 56.3 Å². The summed E-state index contributed by atoms with van der Waals surface area (Å²) in [4.78, 5) is 87.3. The van der Waals surface area contributed by atoms with Crippen LogP contribution in [0.5, 0.6) is 0 Å². The highest BCUT2D eigenvalue weighted by molar-refractivity contribution is 7.99. The molecule has 7 amide bonds. The normalized spacial score (nSPS) is 20.5. The van der Waals surface area contributed by atoms with Crippen LogP contribution in [0.2, 0.25) is 0 Å². The van der Waals surface area contributed by atoms with Crippen molar-refractivity contribution >= 4 is 63.9 Å². The van der Waals surface area contributed by atoms with E-state index in [1.165, 1.54) is 31.2 Å². The van der Waals surface area contributed by atoms with E-state index in [-0.39, 0.29) is 5.75 Å². The Morgan fingerprint density at radius 3 is 1.92 bits per heavy atom. The third kappa shape index (κ3) is 13.5. The van der Waals surface area contributed by atoms with Crippen molar-refractivity contribution in [2.24, 2.45) is 5.73 Å². The predicted octanol–water partition coefficient (Wildman–Crippen LogP) is 0.657. The molecule has 15 nitrogen and oxygen atoms in total. The van der Waals surface area contributed by atoms with Gasteiger partial charge in [-0.25, -0.2) is 0 Å². The number of benzene rings is 2. The number of carbonyl (C=O) groups is 7. The van der Waals surface area contributed by atoms with Gasteiger partial charge in [-0.05, 0) is 27.7 Å². The number of aromatic nitrogens is 1. The SMILES string of the molecule is CC.CC1NC(=O)CNC(=O)[C@H](C)n2cc3ccccc3c2SCC(C(=O)NCC(N)=O)NC(=O)C(C)NC(=O)CNC1=O.Cc1ccccc1. The fourth-order valence-corrected chi connectivity index (χ4v) is 5.80. The van der Waals surface area contributed by atoms with Crippen molar-refractivity contribution in [2.45, 2.75) is 70.7 Å². The van der Waals surface area contributed by atoms with Crippen molar-refractivity contribution in [2.75, 3.05) is 25.4 Å². The predicted molar refractivity (Wildman–Crippen MR) is 195 cm³/mol. The summed E-state index contributed by atoms with van der Waals surface area (Å²) in [5.74, 6) is -4.61. The highest BCUT2D eigenvalue weighted by Crippen LogP contribution is 2.33. The smallest absolute Gasteiger partial charge is 0.243 e. The molecule has 0 fully saturated rings. The zero-order valence-electron chi connectivity index (χ0n) is 29.7. The van der Waals surface area contributed by atoms with E-state index in [0.29, 0.717) is 5.03 Å². The second-order valence-electron chi connectivity index (χ2n) is 11.3. The van der Waals surface area contributed by atoms with Gasteiger partial charge in [-0.2, -0.15) is 0 Å². The Balaban J connectivity index is 0.000000879. The molecule has 4 atom stereocenters. The zero-order valence-corrected chi connectivity index (χ0v) is 30.5. The van der Waals surface area contributed by atoms with Gasteiger partial charge in [0.25, 0.3) is 0 Å². The van der Waals surface area contributed by atoms with Crippen LogP contribution in [0.1, 0.15) is 46.2 Å². The number of aryl methyl sites for hydroxylation is 1. The van der Waals surface area contributed by atoms with Gasteiger partial charge < -0.3 is 42.2 Å². The molecule has 0 aliphatic carbocycles. The first-order valence-corrected chi connectivity index (χ1v) is 17.5. The molecule has 0 saturated carbocycles. The lowest BCUT2D eigenvalue weighted by Crippen LogP contribution is -2.55. The molecule has 2 heterocycles. The molecule has 0 bridgehead atoms. The number of carbonyl (C=O) groups excluding carboxylic acids is 7. The summed E-state index contributed by atoms with van der Waals surface area (Å²) in [5.41, 5.74) is 6.48. The number of fused-ring (bicyclic) bond motifs is 3. The number of hydrogen-bond acceptors (Lipinski definition) is 8. The van der Waals surface area contributed by atoms with Gasteiger partial charge >= 0.3 is 0 Å². The highest BCUT2D eigenvalue weighted by atomic mass is 32.2. The number of nitrogens with one attached hydrogen (secondary N) is 6. The molecule has 1 aliphatic heterocycles. The maximum absolute atomic E-state index is 13.0. The molecule has 3 aromatic rings. The average molecular weight is 725 g/mol. The van der Waals surface area contributed by atoms with Crippen LogP contribution >= 0.6 is 11.8 Å². The zero-order chi connectivity index (χ0) is 38.1. The molecule has 1 aromatic heterocycles. The van der Waals surface area contributed by atoms with Crippen molar-refractivity contribution in [3.63, 3.8) is 0 Å². The first kappa shape index (κ1) is 41.8. The second-order valence-corrected chi connectivity index (χ2v) is 12.3. The molecule has 276 valence electrons. The lowest BCUT2D eigenvalue weighted by Gasteiger charge is -2.22. The number of amides is 7. The van der Waals surface area contributed by atoms with Crippen LogP contribution in [-0.2, 0) is 33.6 Å². The standard InChI is InChI=1S/C26H34N8O7S.C7H8.C2H6/c1-13-22(38)29-9-20(36)32-14(2)23(39)33-18(25(41)28-8-19(27)35)12-42-26-17-7-5-4-6-16(17)11-34(26)15(3)24(40)30-10-21(37)31-13;1-7-5-3-2-4-6-7;1-2/h4-7,11,13-15,18H,8-10,12H2,1-3H3,(H2,27,35)(H,28,41)(H,29,38)(H,30,40)(H,31,37)(H,32,36)(H,33,39);2-6H,1H3;1-2H3/t13?,14?,15-,18?;;/m0../s1. The van der Waals surface area contributed by atoms with E-state index in [9.17, 15) is 33.6 Å². The van der Waals surface area contributed by atoms with Gasteiger partial charge in [0, 0.05) is 22.7 Å². The molecule has 2 aromatic carbocycles. The number of rotatable bonds is 3. The first-order chi connectivity index (χ1) is 24.3. The Morgan fingerprint density at radius 1 is 0.804 bits per heavy atom. The number of hydrogen-bond donors (Lipinski definition) is 7. The van der Waals surface area contributed by atoms with Crippen molar-refractivity contribution in [3.05, 3.63) is 66.4 Å². The minimum Gasteiger partial charge on any atom is -0.368 e. The van der Waals surface area contributed by atoms with Crippen LogP contribution in [0.3, 0.4) is 0 Å². The third-order valence-corrected chi connectivity index (χ3v) is 8.49. The van der Waals surface area contributed by atoms with E-state index in [4.69, 9.17) is 5.73 Å². The largest absolute Gasteiger partial charge is 0.368 e. The first-order valence-electron chi connectivity index (χ1n) is 16.5. The van der Waals surface area contributed by atoms with Gasteiger partial charge in [0.05, 0.1) is 24.7 Å². The summed E-state index contributed by atoms with van der Waals surface area (Å²) in [6.07, 6.45) is 1.76. The van der Waals surface area contributed by atoms with Gasteiger partial charge in [0.15, 0.2) is 0 Å². The molecule has 4 rings (SSSR count). The molecule has 1 aliphatic rings. The number of thioether (sulfide) groups is 1. The summed E-state index contributed by atoms with van der Waals surface area (Å²) in [6.45, 7) is 9.21. The summed E-state index contributed by atoms with van der Waals surface area (Å²) < 4.78 is 1.69. The maximum atomic E-state index is 13.0. The van der Waals surface area contributed by atoms with Crippen LogP contribution in [0.15, 0.2) is 65.8 Å². The van der Waals surface area contributed by atoms with Gasteiger partial charge in [-0.15, -0.1) is 11.8 Å². The van der Waals surface area contributed by atoms with E-state index in [0.717, 1.165) is 10.8 Å². The summed E-state index contributed by atoms with van der Waals surface area (Å²) in [7, 11) is 0. The van der Waals surface area contributed by atoms with Crippen LogP contribution < -0.4 is 37.6 Å². The van der Waals surface area contributed by atoms with Crippen LogP contribution in [0.4, 0.5) is 0 Å². The average Bonchev–Trinajstić information content (AvgIpc) is 3.49. The fraction of sp³-hybridized carbons (Fsp3) is 0.400. The molecule has 0 saturated heterocycles.